The quantitative estimate of drug-likeness (QED) is 0.947. The number of nitrogens with zero attached hydrogens (tertiary/aromatic N) is 2. The zero-order chi connectivity index (χ0) is 15.7. The minimum absolute atomic E-state index is 0.109. The van der Waals surface area contributed by atoms with Gasteiger partial charge in [-0.1, -0.05) is 6.07 Å². The number of rotatable bonds is 3. The molecule has 1 aliphatic heterocycles. The number of hydrogen-bond donors (Lipinski definition) is 1. The first kappa shape index (κ1) is 14.7. The summed E-state index contributed by atoms with van der Waals surface area (Å²) < 4.78 is 0. The summed E-state index contributed by atoms with van der Waals surface area (Å²) >= 11 is 0. The van der Waals surface area contributed by atoms with E-state index in [1.165, 1.54) is 11.1 Å². The van der Waals surface area contributed by atoms with E-state index in [0.29, 0.717) is 0 Å². The Labute approximate surface area is 131 Å². The van der Waals surface area contributed by atoms with Gasteiger partial charge in [-0.05, 0) is 55.3 Å². The Kier molecular flexibility index (Phi) is 3.94. The lowest BCUT2D eigenvalue weighted by molar-refractivity contribution is -0.116. The maximum Gasteiger partial charge on any atom is 0.223 e. The predicted molar refractivity (Wildman–Crippen MR) is 88.9 cm³/mol. The number of carbonyl (C=O) groups is 1. The summed E-state index contributed by atoms with van der Waals surface area (Å²) in [7, 11) is 1.95. The van der Waals surface area contributed by atoms with Crippen molar-refractivity contribution in [3.8, 4) is 11.1 Å². The van der Waals surface area contributed by atoms with E-state index < -0.39 is 0 Å². The highest BCUT2D eigenvalue weighted by molar-refractivity contribution is 5.94. The third-order valence-electron chi connectivity index (χ3n) is 4.38. The molecular formula is C18H21N3O. The molecule has 1 unspecified atom stereocenters. The standard InChI is InChI=1S/C18H21N3O/c1-12(19-3)16-9-17(11-20-10-16)14-4-5-18-15(8-14)6-7-21(18)13(2)22/h4-5,8-12,19H,6-7H2,1-3H3. The average molecular weight is 295 g/mol. The second kappa shape index (κ2) is 5.89. The molecule has 0 fully saturated rings. The molecule has 2 aromatic rings. The van der Waals surface area contributed by atoms with Crippen LogP contribution in [0.15, 0.2) is 36.7 Å². The van der Waals surface area contributed by atoms with E-state index in [1.54, 1.807) is 6.92 Å². The van der Waals surface area contributed by atoms with Crippen LogP contribution in [0.2, 0.25) is 0 Å². The molecule has 0 saturated carbocycles. The summed E-state index contributed by atoms with van der Waals surface area (Å²) in [5.41, 5.74) is 5.72. The average Bonchev–Trinajstić information content (AvgIpc) is 2.97. The van der Waals surface area contributed by atoms with E-state index in [0.717, 1.165) is 29.8 Å². The molecule has 1 atom stereocenters. The number of aromatic nitrogens is 1. The van der Waals surface area contributed by atoms with Gasteiger partial charge in [0.1, 0.15) is 0 Å². The van der Waals surface area contributed by atoms with Gasteiger partial charge in [-0.15, -0.1) is 0 Å². The number of hydrogen-bond acceptors (Lipinski definition) is 3. The number of nitrogens with one attached hydrogen (secondary N) is 1. The maximum absolute atomic E-state index is 11.6. The molecule has 1 amide bonds. The van der Waals surface area contributed by atoms with E-state index in [1.807, 2.05) is 30.4 Å². The molecule has 0 saturated heterocycles. The van der Waals surface area contributed by atoms with E-state index in [-0.39, 0.29) is 11.9 Å². The summed E-state index contributed by atoms with van der Waals surface area (Å²) in [6.07, 6.45) is 4.71. The first-order valence-electron chi connectivity index (χ1n) is 7.63. The van der Waals surface area contributed by atoms with E-state index in [2.05, 4.69) is 35.4 Å². The third-order valence-corrected chi connectivity index (χ3v) is 4.38. The van der Waals surface area contributed by atoms with E-state index in [4.69, 9.17) is 0 Å². The molecular weight excluding hydrogens is 274 g/mol. The fourth-order valence-electron chi connectivity index (χ4n) is 2.93. The van der Waals surface area contributed by atoms with Gasteiger partial charge in [-0.25, -0.2) is 0 Å². The van der Waals surface area contributed by atoms with Crippen LogP contribution in [0.4, 0.5) is 5.69 Å². The largest absolute Gasteiger partial charge is 0.313 e. The SMILES string of the molecule is CNC(C)c1cncc(-c2ccc3c(c2)CCN3C(C)=O)c1. The number of carbonyl (C=O) groups excluding carboxylic acids is 1. The third kappa shape index (κ3) is 2.62. The van der Waals surface area contributed by atoms with Gasteiger partial charge in [0.15, 0.2) is 0 Å². The van der Waals surface area contributed by atoms with Gasteiger partial charge in [0.2, 0.25) is 5.91 Å². The van der Waals surface area contributed by atoms with Crippen LogP contribution in [-0.2, 0) is 11.2 Å². The van der Waals surface area contributed by atoms with Crippen molar-refractivity contribution < 1.29 is 4.79 Å². The summed E-state index contributed by atoms with van der Waals surface area (Å²) in [5, 5.41) is 3.24. The Balaban J connectivity index is 1.96. The van der Waals surface area contributed by atoms with Crippen LogP contribution in [0.25, 0.3) is 11.1 Å². The van der Waals surface area contributed by atoms with Crippen LogP contribution < -0.4 is 10.2 Å². The highest BCUT2D eigenvalue weighted by Gasteiger charge is 2.22. The molecule has 114 valence electrons. The Morgan fingerprint density at radius 1 is 1.27 bits per heavy atom. The molecule has 1 aromatic heterocycles. The number of benzene rings is 1. The van der Waals surface area contributed by atoms with Crippen molar-refractivity contribution in [1.82, 2.24) is 10.3 Å². The zero-order valence-electron chi connectivity index (χ0n) is 13.3. The lowest BCUT2D eigenvalue weighted by atomic mass is 10.0. The highest BCUT2D eigenvalue weighted by atomic mass is 16.2. The molecule has 1 N–H and O–H groups in total. The summed E-state index contributed by atoms with van der Waals surface area (Å²) in [6, 6.07) is 8.75. The molecule has 0 aliphatic carbocycles. The van der Waals surface area contributed by atoms with Crippen molar-refractivity contribution in [2.24, 2.45) is 0 Å². The Hall–Kier alpha value is -2.20. The number of anilines is 1. The number of fused-ring (bicyclic) bond motifs is 1. The lowest BCUT2D eigenvalue weighted by Crippen LogP contribution is -2.25. The Morgan fingerprint density at radius 3 is 2.82 bits per heavy atom. The topological polar surface area (TPSA) is 45.2 Å². The van der Waals surface area contributed by atoms with Crippen molar-refractivity contribution in [3.05, 3.63) is 47.8 Å². The molecule has 3 rings (SSSR count). The predicted octanol–water partition coefficient (Wildman–Crippen LogP) is 2.94. The monoisotopic (exact) mass is 295 g/mol. The minimum atomic E-state index is 0.109. The van der Waals surface area contributed by atoms with E-state index >= 15 is 0 Å². The Bertz CT molecular complexity index is 711. The van der Waals surface area contributed by atoms with Gasteiger partial charge in [0.05, 0.1) is 0 Å². The van der Waals surface area contributed by atoms with Gasteiger partial charge in [-0.2, -0.15) is 0 Å². The van der Waals surface area contributed by atoms with Gasteiger partial charge in [0.25, 0.3) is 0 Å². The molecule has 4 nitrogen and oxygen atoms in total. The van der Waals surface area contributed by atoms with Crippen molar-refractivity contribution in [2.75, 3.05) is 18.5 Å². The number of amides is 1. The van der Waals surface area contributed by atoms with Crippen LogP contribution in [0.3, 0.4) is 0 Å². The fraction of sp³-hybridized carbons (Fsp3) is 0.333. The molecule has 4 heteroatoms. The van der Waals surface area contributed by atoms with Gasteiger partial charge < -0.3 is 10.2 Å². The van der Waals surface area contributed by atoms with Crippen molar-refractivity contribution in [3.63, 3.8) is 0 Å². The maximum atomic E-state index is 11.6. The highest BCUT2D eigenvalue weighted by Crippen LogP contribution is 2.32. The first-order valence-corrected chi connectivity index (χ1v) is 7.63. The second-order valence-electron chi connectivity index (χ2n) is 5.78. The van der Waals surface area contributed by atoms with Crippen LogP contribution in [0.5, 0.6) is 0 Å². The van der Waals surface area contributed by atoms with Crippen molar-refractivity contribution in [1.29, 1.82) is 0 Å². The molecule has 1 aliphatic rings. The van der Waals surface area contributed by atoms with Crippen LogP contribution >= 0.6 is 0 Å². The molecule has 0 bridgehead atoms. The van der Waals surface area contributed by atoms with Crippen LogP contribution in [0.1, 0.15) is 31.0 Å². The van der Waals surface area contributed by atoms with Crippen molar-refractivity contribution in [2.45, 2.75) is 26.3 Å². The fourth-order valence-corrected chi connectivity index (χ4v) is 2.93. The van der Waals surface area contributed by atoms with E-state index in [9.17, 15) is 4.79 Å². The van der Waals surface area contributed by atoms with Crippen LogP contribution in [0, 0.1) is 0 Å². The first-order chi connectivity index (χ1) is 10.6. The van der Waals surface area contributed by atoms with Gasteiger partial charge in [0, 0.05) is 43.2 Å². The Morgan fingerprint density at radius 2 is 2.09 bits per heavy atom. The lowest BCUT2D eigenvalue weighted by Gasteiger charge is -2.15. The minimum Gasteiger partial charge on any atom is -0.313 e. The summed E-state index contributed by atoms with van der Waals surface area (Å²) in [5.74, 6) is 0.109. The normalized spacial score (nSPS) is 14.8. The van der Waals surface area contributed by atoms with Crippen molar-refractivity contribution >= 4 is 11.6 Å². The molecule has 22 heavy (non-hydrogen) atoms. The van der Waals surface area contributed by atoms with Gasteiger partial charge >= 0.3 is 0 Å². The van der Waals surface area contributed by atoms with Gasteiger partial charge in [-0.3, -0.25) is 9.78 Å². The second-order valence-corrected chi connectivity index (χ2v) is 5.78. The summed E-state index contributed by atoms with van der Waals surface area (Å²) in [6.45, 7) is 4.52. The molecule has 0 radical (unpaired) electrons. The smallest absolute Gasteiger partial charge is 0.223 e. The summed E-state index contributed by atoms with van der Waals surface area (Å²) in [4.78, 5) is 17.8. The van der Waals surface area contributed by atoms with Crippen LogP contribution in [-0.4, -0.2) is 24.5 Å². The zero-order valence-corrected chi connectivity index (χ0v) is 13.3. The number of pyridine rings is 1. The molecule has 0 spiro atoms. The molecule has 2 heterocycles. The molecule has 1 aromatic carbocycles.